The number of amides is 1. The van der Waals surface area contributed by atoms with Crippen LogP contribution in [0.1, 0.15) is 62.2 Å². The average molecular weight is 483 g/mol. The normalized spacial score (nSPS) is 20.1. The van der Waals surface area contributed by atoms with Crippen molar-refractivity contribution in [2.45, 2.75) is 75.6 Å². The first-order valence-electron chi connectivity index (χ1n) is 10.4. The van der Waals surface area contributed by atoms with Gasteiger partial charge in [-0.1, -0.05) is 0 Å². The number of hydrogen-bond acceptors (Lipinski definition) is 4. The van der Waals surface area contributed by atoms with E-state index in [9.17, 15) is 35.5 Å². The summed E-state index contributed by atoms with van der Waals surface area (Å²) in [5.74, 6) is -5.73. The van der Waals surface area contributed by atoms with Gasteiger partial charge >= 0.3 is 6.18 Å². The lowest BCUT2D eigenvalue weighted by atomic mass is 9.81. The fraction of sp³-hybridized carbons (Fsp3) is 0.650. The van der Waals surface area contributed by atoms with E-state index < -0.39 is 48.9 Å². The molecule has 3 atom stereocenters. The number of halogens is 7. The molecule has 6 nitrogen and oxygen atoms in total. The minimum Gasteiger partial charge on any atom is -0.344 e. The Kier molecular flexibility index (Phi) is 7.20. The van der Waals surface area contributed by atoms with E-state index in [2.05, 4.69) is 10.1 Å². The highest BCUT2D eigenvalue weighted by molar-refractivity contribution is 5.84. The van der Waals surface area contributed by atoms with Gasteiger partial charge in [0.15, 0.2) is 5.65 Å². The monoisotopic (exact) mass is 483 g/mol. The molecule has 2 aromatic rings. The molecule has 0 saturated heterocycles. The third-order valence-corrected chi connectivity index (χ3v) is 5.95. The Morgan fingerprint density at radius 1 is 1.30 bits per heavy atom. The van der Waals surface area contributed by atoms with Crippen LogP contribution in [0.15, 0.2) is 18.5 Å². The summed E-state index contributed by atoms with van der Waals surface area (Å²) in [6, 6.07) is -1.59. The van der Waals surface area contributed by atoms with Crippen LogP contribution < -0.4 is 11.1 Å². The van der Waals surface area contributed by atoms with Crippen molar-refractivity contribution >= 4 is 11.6 Å². The number of nitrogens with zero attached hydrogens (tertiary/aromatic N) is 3. The third kappa shape index (κ3) is 6.12. The molecule has 0 unspecified atom stereocenters. The summed E-state index contributed by atoms with van der Waals surface area (Å²) < 4.78 is 92.6. The summed E-state index contributed by atoms with van der Waals surface area (Å²) in [7, 11) is 0. The Hall–Kier alpha value is -2.44. The molecule has 2 heterocycles. The molecule has 0 aliphatic heterocycles. The van der Waals surface area contributed by atoms with Gasteiger partial charge in [-0.15, -0.1) is 0 Å². The van der Waals surface area contributed by atoms with Crippen molar-refractivity contribution in [1.29, 1.82) is 0 Å². The Balaban J connectivity index is 1.82. The van der Waals surface area contributed by atoms with Crippen molar-refractivity contribution in [3.63, 3.8) is 0 Å². The highest BCUT2D eigenvalue weighted by Crippen LogP contribution is 2.40. The molecular formula is C20H24F7N5O. The smallest absolute Gasteiger partial charge is 0.344 e. The number of carbonyl (C=O) groups excluding carboxylic acids is 1. The van der Waals surface area contributed by atoms with E-state index in [1.54, 1.807) is 5.32 Å². The van der Waals surface area contributed by atoms with E-state index in [1.807, 2.05) is 0 Å². The summed E-state index contributed by atoms with van der Waals surface area (Å²) >= 11 is 0. The van der Waals surface area contributed by atoms with Crippen molar-refractivity contribution in [2.75, 3.05) is 0 Å². The maximum atomic E-state index is 13.4. The summed E-state index contributed by atoms with van der Waals surface area (Å²) in [5, 5.41) is 5.73. The van der Waals surface area contributed by atoms with Gasteiger partial charge < -0.3 is 11.1 Å². The molecule has 13 heteroatoms. The van der Waals surface area contributed by atoms with Gasteiger partial charge in [0, 0.05) is 19.3 Å². The number of carbonyl (C=O) groups is 1. The van der Waals surface area contributed by atoms with Crippen LogP contribution in [0.3, 0.4) is 0 Å². The molecule has 1 aliphatic carbocycles. The van der Waals surface area contributed by atoms with E-state index in [0.717, 1.165) is 6.20 Å². The lowest BCUT2D eigenvalue weighted by Gasteiger charge is -2.31. The molecule has 1 saturated carbocycles. The van der Waals surface area contributed by atoms with Crippen molar-refractivity contribution in [1.82, 2.24) is 19.9 Å². The van der Waals surface area contributed by atoms with Crippen LogP contribution >= 0.6 is 0 Å². The van der Waals surface area contributed by atoms with Crippen LogP contribution in [-0.4, -0.2) is 45.1 Å². The molecule has 2 aromatic heterocycles. The summed E-state index contributed by atoms with van der Waals surface area (Å²) in [6.45, 7) is 0.710. The quantitative estimate of drug-likeness (QED) is 0.574. The van der Waals surface area contributed by atoms with Crippen molar-refractivity contribution in [3.05, 3.63) is 29.7 Å². The highest BCUT2D eigenvalue weighted by atomic mass is 19.4. The first-order chi connectivity index (χ1) is 15.3. The van der Waals surface area contributed by atoms with Gasteiger partial charge in [-0.25, -0.2) is 27.1 Å². The number of alkyl halides is 7. The number of imidazole rings is 1. The number of nitrogens with two attached hydrogens (primary N) is 1. The van der Waals surface area contributed by atoms with Gasteiger partial charge in [0.25, 0.3) is 0 Å². The van der Waals surface area contributed by atoms with E-state index in [-0.39, 0.29) is 42.8 Å². The Bertz CT molecular complexity index is 967. The van der Waals surface area contributed by atoms with Crippen molar-refractivity contribution in [2.24, 2.45) is 11.7 Å². The SMILES string of the molecule is C[C@H](NC(=O)[C@@H](CC(F)F)c1cnn2cc([C@@H](N)C3CCC(F)(F)CC3)nc2c1)C(F)(F)F. The highest BCUT2D eigenvalue weighted by Gasteiger charge is 2.39. The third-order valence-electron chi connectivity index (χ3n) is 5.95. The summed E-state index contributed by atoms with van der Waals surface area (Å²) in [5.41, 5.74) is 6.69. The molecule has 0 aromatic carbocycles. The molecular weight excluding hydrogens is 459 g/mol. The molecule has 0 bridgehead atoms. The predicted octanol–water partition coefficient (Wildman–Crippen LogP) is 4.36. The fourth-order valence-electron chi connectivity index (χ4n) is 3.89. The first kappa shape index (κ1) is 25.2. The van der Waals surface area contributed by atoms with E-state index in [1.165, 1.54) is 16.8 Å². The largest absolute Gasteiger partial charge is 0.408 e. The van der Waals surface area contributed by atoms with Gasteiger partial charge in [0.2, 0.25) is 18.3 Å². The van der Waals surface area contributed by atoms with E-state index >= 15 is 0 Å². The zero-order valence-electron chi connectivity index (χ0n) is 17.6. The molecule has 33 heavy (non-hydrogen) atoms. The second-order valence-electron chi connectivity index (χ2n) is 8.43. The van der Waals surface area contributed by atoms with Gasteiger partial charge in [-0.2, -0.15) is 18.3 Å². The molecule has 0 spiro atoms. The lowest BCUT2D eigenvalue weighted by molar-refractivity contribution is -0.158. The van der Waals surface area contributed by atoms with E-state index in [0.29, 0.717) is 12.6 Å². The van der Waals surface area contributed by atoms with Crippen LogP contribution in [-0.2, 0) is 4.79 Å². The topological polar surface area (TPSA) is 85.3 Å². The summed E-state index contributed by atoms with van der Waals surface area (Å²) in [6.07, 6.45) is -6.22. The molecule has 1 fully saturated rings. The molecule has 3 N–H and O–H groups in total. The Morgan fingerprint density at radius 2 is 1.94 bits per heavy atom. The minimum atomic E-state index is -4.73. The minimum absolute atomic E-state index is 0.0299. The second-order valence-corrected chi connectivity index (χ2v) is 8.43. The zero-order chi connectivity index (χ0) is 24.6. The van der Waals surface area contributed by atoms with Gasteiger partial charge in [0.1, 0.15) is 6.04 Å². The average Bonchev–Trinajstić information content (AvgIpc) is 3.14. The van der Waals surface area contributed by atoms with Crippen molar-refractivity contribution in [3.8, 4) is 0 Å². The van der Waals surface area contributed by atoms with Gasteiger partial charge in [-0.05, 0) is 37.3 Å². The van der Waals surface area contributed by atoms with Crippen molar-refractivity contribution < 1.29 is 35.5 Å². The standard InChI is InChI=1S/C20H24F7N5O/c1-10(20(25,26)27)30-18(33)13(7-15(21)22)12-6-16-31-14(9-32(16)29-8-12)17(28)11-2-4-19(23,24)5-3-11/h6,8-11,13,15,17H,2-5,7,28H2,1H3,(H,30,33)/t10-,13-,17-/m0/s1. The molecule has 0 radical (unpaired) electrons. The number of nitrogens with one attached hydrogen (secondary N) is 1. The second kappa shape index (κ2) is 9.43. The van der Waals surface area contributed by atoms with E-state index in [4.69, 9.17) is 5.73 Å². The van der Waals surface area contributed by atoms with Gasteiger partial charge in [-0.3, -0.25) is 4.79 Å². The molecule has 184 valence electrons. The lowest BCUT2D eigenvalue weighted by Crippen LogP contribution is -2.45. The Morgan fingerprint density at radius 3 is 2.52 bits per heavy atom. The maximum absolute atomic E-state index is 13.4. The van der Waals surface area contributed by atoms with Crippen LogP contribution in [0, 0.1) is 5.92 Å². The van der Waals surface area contributed by atoms with Crippen LogP contribution in [0.4, 0.5) is 30.7 Å². The molecule has 1 aliphatic rings. The number of aromatic nitrogens is 3. The molecule has 3 rings (SSSR count). The first-order valence-corrected chi connectivity index (χ1v) is 10.4. The Labute approximate surface area is 184 Å². The molecule has 1 amide bonds. The maximum Gasteiger partial charge on any atom is 0.408 e. The van der Waals surface area contributed by atoms with Gasteiger partial charge in [0.05, 0.1) is 30.0 Å². The fourth-order valence-corrected chi connectivity index (χ4v) is 3.89. The number of rotatable bonds is 7. The predicted molar refractivity (Wildman–Crippen MR) is 104 cm³/mol. The van der Waals surface area contributed by atoms with Crippen LogP contribution in [0.25, 0.3) is 5.65 Å². The van der Waals surface area contributed by atoms with Crippen LogP contribution in [0.5, 0.6) is 0 Å². The number of fused-ring (bicyclic) bond motifs is 1. The van der Waals surface area contributed by atoms with Crippen LogP contribution in [0.2, 0.25) is 0 Å². The number of hydrogen-bond donors (Lipinski definition) is 2. The summed E-state index contributed by atoms with van der Waals surface area (Å²) in [4.78, 5) is 16.7. The zero-order valence-corrected chi connectivity index (χ0v) is 17.6.